The topological polar surface area (TPSA) is 150 Å². The minimum atomic E-state index is -3.14. The Labute approximate surface area is 202 Å². The summed E-state index contributed by atoms with van der Waals surface area (Å²) in [6.07, 6.45) is -5.23. The van der Waals surface area contributed by atoms with Crippen molar-refractivity contribution in [1.82, 2.24) is 0 Å². The first-order chi connectivity index (χ1) is 16.4. The maximum atomic E-state index is 15.3. The van der Waals surface area contributed by atoms with Crippen LogP contribution in [0.5, 0.6) is 0 Å². The lowest BCUT2D eigenvalue weighted by molar-refractivity contribution is -0.294. The predicted octanol–water partition coefficient (Wildman–Crippen LogP) is 1.02. The van der Waals surface area contributed by atoms with Crippen LogP contribution in [0.15, 0.2) is 0 Å². The number of halogens is 1. The summed E-state index contributed by atoms with van der Waals surface area (Å²) < 4.78 is 51.5. The Bertz CT molecular complexity index is 750. The van der Waals surface area contributed by atoms with E-state index in [-0.39, 0.29) is 19.8 Å². The molecule has 0 spiro atoms. The first kappa shape index (κ1) is 30.2. The fourth-order valence-corrected chi connectivity index (χ4v) is 3.39. The predicted molar refractivity (Wildman–Crippen MR) is 113 cm³/mol. The molecule has 1 fully saturated rings. The van der Waals surface area contributed by atoms with Crippen LogP contribution >= 0.6 is 0 Å². The van der Waals surface area contributed by atoms with E-state index < -0.39 is 79.1 Å². The number of carbonyl (C=O) groups is 5. The summed E-state index contributed by atoms with van der Waals surface area (Å²) in [6.45, 7) is 6.77. The van der Waals surface area contributed by atoms with E-state index >= 15 is 4.39 Å². The Balaban J connectivity index is 3.11. The Kier molecular flexibility index (Phi) is 12.0. The summed E-state index contributed by atoms with van der Waals surface area (Å²) in [5, 5.41) is 0. The molecule has 0 aromatic rings. The minimum Gasteiger partial charge on any atom is -0.463 e. The SMILES string of the molecule is CCOC(=O)C(F)(CCOC1O[C@H](COC(C)=O)[C@@H](OC(C)=O)[C@H](C)[C@@H]1OC(C)=O)C(=O)OCC. The number of ether oxygens (including phenoxy) is 7. The standard InChI is InChI=1S/C22H33FO12/c1-7-29-20(27)22(23,21(28)30-8-2)9-10-31-19-18(34-15(6)26)12(3)17(33-14(5)25)16(35-19)11-32-13(4)24/h12,16-19H,7-11H2,1-6H3/t12-,16+,17-,18-,19?/m0/s1. The fraction of sp³-hybridized carbons (Fsp3) is 0.773. The molecule has 0 N–H and O–H groups in total. The van der Waals surface area contributed by atoms with Gasteiger partial charge in [0, 0.05) is 33.1 Å². The van der Waals surface area contributed by atoms with Gasteiger partial charge in [0.05, 0.1) is 19.8 Å². The highest BCUT2D eigenvalue weighted by atomic mass is 19.1. The van der Waals surface area contributed by atoms with Crippen molar-refractivity contribution in [1.29, 1.82) is 0 Å². The van der Waals surface area contributed by atoms with Crippen molar-refractivity contribution in [3.8, 4) is 0 Å². The molecule has 0 aromatic heterocycles. The van der Waals surface area contributed by atoms with E-state index in [1.165, 1.54) is 27.7 Å². The summed E-state index contributed by atoms with van der Waals surface area (Å²) >= 11 is 0. The highest BCUT2D eigenvalue weighted by Crippen LogP contribution is 2.32. The van der Waals surface area contributed by atoms with Gasteiger partial charge in [-0.2, -0.15) is 0 Å². The highest BCUT2D eigenvalue weighted by Gasteiger charge is 2.51. The quantitative estimate of drug-likeness (QED) is 0.210. The summed E-state index contributed by atoms with van der Waals surface area (Å²) in [5.74, 6) is -5.53. The Morgan fingerprint density at radius 1 is 0.829 bits per heavy atom. The second-order valence-electron chi connectivity index (χ2n) is 7.72. The van der Waals surface area contributed by atoms with Crippen molar-refractivity contribution >= 4 is 29.8 Å². The third kappa shape index (κ3) is 8.73. The van der Waals surface area contributed by atoms with Crippen LogP contribution in [-0.4, -0.2) is 86.5 Å². The van der Waals surface area contributed by atoms with Crippen molar-refractivity contribution in [2.24, 2.45) is 5.92 Å². The number of carbonyl (C=O) groups excluding carboxylic acids is 5. The van der Waals surface area contributed by atoms with Gasteiger partial charge in [-0.1, -0.05) is 6.92 Å². The molecule has 0 bridgehead atoms. The molecule has 1 rings (SSSR count). The Hall–Kier alpha value is -2.80. The molecule has 0 aliphatic carbocycles. The van der Waals surface area contributed by atoms with Gasteiger partial charge in [-0.15, -0.1) is 0 Å². The van der Waals surface area contributed by atoms with E-state index in [4.69, 9.17) is 23.7 Å². The molecule has 35 heavy (non-hydrogen) atoms. The average molecular weight is 508 g/mol. The molecule has 1 saturated heterocycles. The number of hydrogen-bond acceptors (Lipinski definition) is 12. The third-order valence-corrected chi connectivity index (χ3v) is 4.96. The first-order valence-corrected chi connectivity index (χ1v) is 11.2. The van der Waals surface area contributed by atoms with Crippen LogP contribution in [0.3, 0.4) is 0 Å². The smallest absolute Gasteiger partial charge is 0.355 e. The van der Waals surface area contributed by atoms with E-state index in [0.29, 0.717) is 0 Å². The first-order valence-electron chi connectivity index (χ1n) is 11.2. The van der Waals surface area contributed by atoms with Crippen LogP contribution in [0.2, 0.25) is 0 Å². The average Bonchev–Trinajstić information content (AvgIpc) is 2.76. The summed E-state index contributed by atoms with van der Waals surface area (Å²) in [6, 6.07) is 0. The summed E-state index contributed by atoms with van der Waals surface area (Å²) in [7, 11) is 0. The molecule has 12 nitrogen and oxygen atoms in total. The molecule has 13 heteroatoms. The van der Waals surface area contributed by atoms with E-state index in [0.717, 1.165) is 6.92 Å². The number of rotatable bonds is 12. The molecular weight excluding hydrogens is 475 g/mol. The van der Waals surface area contributed by atoms with Crippen molar-refractivity contribution in [3.05, 3.63) is 0 Å². The minimum absolute atomic E-state index is 0.169. The van der Waals surface area contributed by atoms with Gasteiger partial charge in [0.15, 0.2) is 12.4 Å². The summed E-state index contributed by atoms with van der Waals surface area (Å²) in [4.78, 5) is 58.8. The molecule has 1 unspecified atom stereocenters. The van der Waals surface area contributed by atoms with E-state index in [1.54, 1.807) is 6.92 Å². The van der Waals surface area contributed by atoms with Crippen LogP contribution in [0.25, 0.3) is 0 Å². The lowest BCUT2D eigenvalue weighted by Gasteiger charge is -2.43. The lowest BCUT2D eigenvalue weighted by Crippen LogP contribution is -2.58. The van der Waals surface area contributed by atoms with Crippen LogP contribution in [-0.2, 0) is 57.1 Å². The molecule has 1 aliphatic rings. The van der Waals surface area contributed by atoms with Gasteiger partial charge in [-0.25, -0.2) is 14.0 Å². The zero-order chi connectivity index (χ0) is 26.8. The number of hydrogen-bond donors (Lipinski definition) is 0. The monoisotopic (exact) mass is 508 g/mol. The van der Waals surface area contributed by atoms with Crippen molar-refractivity contribution in [2.75, 3.05) is 26.4 Å². The van der Waals surface area contributed by atoms with Gasteiger partial charge >= 0.3 is 35.5 Å². The zero-order valence-electron chi connectivity index (χ0n) is 20.7. The lowest BCUT2D eigenvalue weighted by atomic mass is 9.90. The van der Waals surface area contributed by atoms with Crippen molar-refractivity contribution in [3.63, 3.8) is 0 Å². The number of esters is 5. The van der Waals surface area contributed by atoms with E-state index in [1.807, 2.05) is 0 Å². The zero-order valence-corrected chi connectivity index (χ0v) is 20.7. The molecule has 200 valence electrons. The maximum absolute atomic E-state index is 15.3. The van der Waals surface area contributed by atoms with Crippen molar-refractivity contribution < 1.29 is 61.5 Å². The van der Waals surface area contributed by atoms with Crippen LogP contribution in [0.1, 0.15) is 48.0 Å². The van der Waals surface area contributed by atoms with E-state index in [2.05, 4.69) is 9.47 Å². The van der Waals surface area contributed by atoms with Gasteiger partial charge in [-0.05, 0) is 13.8 Å². The van der Waals surface area contributed by atoms with Gasteiger partial charge in [-0.3, -0.25) is 14.4 Å². The molecular formula is C22H33FO12. The molecule has 1 heterocycles. The summed E-state index contributed by atoms with van der Waals surface area (Å²) in [5.41, 5.74) is -3.14. The van der Waals surface area contributed by atoms with Gasteiger partial charge in [0.25, 0.3) is 0 Å². The van der Waals surface area contributed by atoms with Crippen LogP contribution in [0.4, 0.5) is 4.39 Å². The normalized spacial score (nSPS) is 24.1. The Morgan fingerprint density at radius 3 is 1.80 bits per heavy atom. The van der Waals surface area contributed by atoms with E-state index in [9.17, 15) is 24.0 Å². The van der Waals surface area contributed by atoms with Crippen LogP contribution < -0.4 is 0 Å². The van der Waals surface area contributed by atoms with Crippen molar-refractivity contribution in [2.45, 2.75) is 78.2 Å². The van der Waals surface area contributed by atoms with Gasteiger partial charge in [0.1, 0.15) is 18.8 Å². The van der Waals surface area contributed by atoms with Crippen LogP contribution in [0, 0.1) is 5.92 Å². The molecule has 0 radical (unpaired) electrons. The highest BCUT2D eigenvalue weighted by molar-refractivity contribution is 6.03. The molecule has 0 amide bonds. The Morgan fingerprint density at radius 2 is 1.34 bits per heavy atom. The fourth-order valence-electron chi connectivity index (χ4n) is 3.39. The molecule has 5 atom stereocenters. The second-order valence-corrected chi connectivity index (χ2v) is 7.72. The molecule has 0 saturated carbocycles. The largest absolute Gasteiger partial charge is 0.463 e. The second kappa shape index (κ2) is 13.9. The molecule has 1 aliphatic heterocycles. The van der Waals surface area contributed by atoms with Gasteiger partial charge < -0.3 is 33.2 Å². The third-order valence-electron chi connectivity index (χ3n) is 4.96. The van der Waals surface area contributed by atoms with Gasteiger partial charge in [0.2, 0.25) is 0 Å². The maximum Gasteiger partial charge on any atom is 0.355 e. The number of alkyl halides is 1. The molecule has 0 aromatic carbocycles.